The fourth-order valence-electron chi connectivity index (χ4n) is 1.48. The molecule has 0 amide bonds. The molecular weight excluding hydrogens is 210 g/mol. The lowest BCUT2D eigenvalue weighted by Gasteiger charge is -2.09. The number of carbonyl (C=O) groups excluding carboxylic acids is 1. The quantitative estimate of drug-likeness (QED) is 0.464. The topological polar surface area (TPSA) is 38.3 Å². The maximum absolute atomic E-state index is 11.7. The van der Waals surface area contributed by atoms with Gasteiger partial charge in [0.25, 0.3) is 0 Å². The van der Waals surface area contributed by atoms with Gasteiger partial charge in [-0.1, -0.05) is 30.4 Å². The number of nitrogens with one attached hydrogen (secondary N) is 1. The number of para-hydroxylation sites is 1. The minimum Gasteiger partial charge on any atom is -0.425 e. The minimum absolute atomic E-state index is 0.316. The fourth-order valence-corrected chi connectivity index (χ4v) is 1.76. The summed E-state index contributed by atoms with van der Waals surface area (Å²) in [6.45, 7) is 0.757. The molecule has 1 fully saturated rings. The van der Waals surface area contributed by atoms with E-state index in [9.17, 15) is 4.79 Å². The van der Waals surface area contributed by atoms with Crippen molar-refractivity contribution >= 4 is 23.1 Å². The second-order valence-corrected chi connectivity index (χ2v) is 3.86. The van der Waals surface area contributed by atoms with Gasteiger partial charge in [0, 0.05) is 11.4 Å². The van der Waals surface area contributed by atoms with Crippen LogP contribution in [-0.4, -0.2) is 23.4 Å². The molecule has 1 heterocycles. The molecule has 15 heavy (non-hydrogen) atoms. The van der Waals surface area contributed by atoms with Crippen molar-refractivity contribution in [2.24, 2.45) is 0 Å². The van der Waals surface area contributed by atoms with Gasteiger partial charge in [0.05, 0.1) is 0 Å². The summed E-state index contributed by atoms with van der Waals surface area (Å²) in [7, 11) is 0. The lowest BCUT2D eigenvalue weighted by atomic mass is 10.2. The van der Waals surface area contributed by atoms with E-state index in [0.29, 0.717) is 5.75 Å². The van der Waals surface area contributed by atoms with Crippen molar-refractivity contribution in [3.8, 4) is 5.75 Å². The normalized spacial score (nSPS) is 20.3. The highest BCUT2D eigenvalue weighted by Crippen LogP contribution is 2.12. The van der Waals surface area contributed by atoms with E-state index in [4.69, 9.17) is 17.0 Å². The Labute approximate surface area is 93.4 Å². The summed E-state index contributed by atoms with van der Waals surface area (Å²) in [6, 6.07) is 8.59. The minimum atomic E-state index is -0.416. The molecule has 0 bridgehead atoms. The van der Waals surface area contributed by atoms with Gasteiger partial charge < -0.3 is 4.74 Å². The van der Waals surface area contributed by atoms with Gasteiger partial charge in [0.2, 0.25) is 0 Å². The van der Waals surface area contributed by atoms with E-state index >= 15 is 0 Å². The zero-order chi connectivity index (χ0) is 10.7. The van der Waals surface area contributed by atoms with Gasteiger partial charge in [-0.15, -0.1) is 0 Å². The highest BCUT2D eigenvalue weighted by Gasteiger charge is 2.28. The third kappa shape index (κ3) is 2.40. The van der Waals surface area contributed by atoms with E-state index in [2.05, 4.69) is 5.32 Å². The molecule has 0 saturated carbocycles. The SMILES string of the molecule is O=C(Oc1ccccc1)[C@H]1NCCC1=S. The first-order chi connectivity index (χ1) is 7.27. The molecule has 2 rings (SSSR count). The van der Waals surface area contributed by atoms with E-state index in [0.717, 1.165) is 17.8 Å². The molecule has 3 nitrogen and oxygen atoms in total. The molecule has 1 saturated heterocycles. The second-order valence-electron chi connectivity index (χ2n) is 3.34. The van der Waals surface area contributed by atoms with Gasteiger partial charge in [0.15, 0.2) is 0 Å². The van der Waals surface area contributed by atoms with Crippen LogP contribution in [0.2, 0.25) is 0 Å². The van der Waals surface area contributed by atoms with Crippen molar-refractivity contribution in [2.75, 3.05) is 6.54 Å². The lowest BCUT2D eigenvalue weighted by Crippen LogP contribution is -2.38. The maximum atomic E-state index is 11.7. The predicted molar refractivity (Wildman–Crippen MR) is 61.1 cm³/mol. The Morgan fingerprint density at radius 1 is 1.40 bits per heavy atom. The molecule has 1 aromatic carbocycles. The standard InChI is InChI=1S/C11H11NO2S/c13-11(10-9(15)6-7-12-10)14-8-4-2-1-3-5-8/h1-5,10,12H,6-7H2/t10-/m0/s1. The molecule has 1 aliphatic heterocycles. The first kappa shape index (κ1) is 10.3. The van der Waals surface area contributed by atoms with E-state index < -0.39 is 6.04 Å². The first-order valence-corrected chi connectivity index (χ1v) is 5.21. The number of carbonyl (C=O) groups is 1. The Morgan fingerprint density at radius 3 is 2.73 bits per heavy atom. The number of rotatable bonds is 2. The molecule has 1 aliphatic rings. The molecule has 1 N–H and O–H groups in total. The zero-order valence-electron chi connectivity index (χ0n) is 8.10. The number of hydrogen-bond acceptors (Lipinski definition) is 4. The fraction of sp³-hybridized carbons (Fsp3) is 0.273. The van der Waals surface area contributed by atoms with Crippen LogP contribution in [0.3, 0.4) is 0 Å². The van der Waals surface area contributed by atoms with Crippen LogP contribution in [0, 0.1) is 0 Å². The summed E-state index contributed by atoms with van der Waals surface area (Å²) in [5, 5.41) is 3.01. The van der Waals surface area contributed by atoms with Crippen LogP contribution >= 0.6 is 12.2 Å². The van der Waals surface area contributed by atoms with Crippen molar-refractivity contribution in [1.29, 1.82) is 0 Å². The molecule has 1 aromatic rings. The predicted octanol–water partition coefficient (Wildman–Crippen LogP) is 1.32. The van der Waals surface area contributed by atoms with Gasteiger partial charge in [-0.3, -0.25) is 5.32 Å². The summed E-state index contributed by atoms with van der Waals surface area (Å²) in [6.07, 6.45) is 0.768. The number of ether oxygens (including phenoxy) is 1. The van der Waals surface area contributed by atoms with E-state index in [1.165, 1.54) is 0 Å². The molecule has 0 aromatic heterocycles. The Morgan fingerprint density at radius 2 is 2.13 bits per heavy atom. The van der Waals surface area contributed by atoms with Crippen LogP contribution in [0.4, 0.5) is 0 Å². The van der Waals surface area contributed by atoms with Crippen molar-refractivity contribution in [3.05, 3.63) is 30.3 Å². The van der Waals surface area contributed by atoms with Crippen LogP contribution in [0.5, 0.6) is 5.75 Å². The molecule has 4 heteroatoms. The summed E-state index contributed by atoms with van der Waals surface area (Å²) in [4.78, 5) is 12.4. The monoisotopic (exact) mass is 221 g/mol. The highest BCUT2D eigenvalue weighted by molar-refractivity contribution is 7.80. The number of hydrogen-bond donors (Lipinski definition) is 1. The molecule has 0 radical (unpaired) electrons. The van der Waals surface area contributed by atoms with Gasteiger partial charge in [-0.05, 0) is 18.6 Å². The molecule has 0 aliphatic carbocycles. The van der Waals surface area contributed by atoms with Gasteiger partial charge in [-0.25, -0.2) is 4.79 Å². The van der Waals surface area contributed by atoms with Gasteiger partial charge >= 0.3 is 5.97 Å². The number of benzene rings is 1. The number of esters is 1. The molecule has 1 atom stereocenters. The van der Waals surface area contributed by atoms with Crippen LogP contribution in [-0.2, 0) is 4.79 Å². The Balaban J connectivity index is 2.01. The summed E-state index contributed by atoms with van der Waals surface area (Å²) >= 11 is 5.07. The van der Waals surface area contributed by atoms with Crippen LogP contribution in [0.15, 0.2) is 30.3 Å². The van der Waals surface area contributed by atoms with Crippen LogP contribution in [0.1, 0.15) is 6.42 Å². The van der Waals surface area contributed by atoms with E-state index in [1.807, 2.05) is 18.2 Å². The van der Waals surface area contributed by atoms with E-state index in [1.54, 1.807) is 12.1 Å². The van der Waals surface area contributed by atoms with Crippen molar-refractivity contribution in [3.63, 3.8) is 0 Å². The van der Waals surface area contributed by atoms with Crippen LogP contribution < -0.4 is 10.1 Å². The van der Waals surface area contributed by atoms with Gasteiger partial charge in [0.1, 0.15) is 11.8 Å². The average molecular weight is 221 g/mol. The lowest BCUT2D eigenvalue weighted by molar-refractivity contribution is -0.134. The zero-order valence-corrected chi connectivity index (χ0v) is 8.92. The van der Waals surface area contributed by atoms with Gasteiger partial charge in [-0.2, -0.15) is 0 Å². The maximum Gasteiger partial charge on any atom is 0.333 e. The first-order valence-electron chi connectivity index (χ1n) is 4.80. The van der Waals surface area contributed by atoms with Crippen molar-refractivity contribution in [1.82, 2.24) is 5.32 Å². The third-order valence-corrected chi connectivity index (χ3v) is 2.68. The molecule has 78 valence electrons. The Kier molecular flexibility index (Phi) is 3.08. The smallest absolute Gasteiger partial charge is 0.333 e. The largest absolute Gasteiger partial charge is 0.425 e. The third-order valence-electron chi connectivity index (χ3n) is 2.24. The van der Waals surface area contributed by atoms with Crippen LogP contribution in [0.25, 0.3) is 0 Å². The Bertz CT molecular complexity index is 377. The number of thiocarbonyl (C=S) groups is 1. The molecular formula is C11H11NO2S. The molecule has 0 unspecified atom stereocenters. The van der Waals surface area contributed by atoms with Crippen molar-refractivity contribution in [2.45, 2.75) is 12.5 Å². The summed E-state index contributed by atoms with van der Waals surface area (Å²) in [5.41, 5.74) is 0. The highest BCUT2D eigenvalue weighted by atomic mass is 32.1. The average Bonchev–Trinajstić information content (AvgIpc) is 2.66. The Hall–Kier alpha value is -1.26. The van der Waals surface area contributed by atoms with Crippen molar-refractivity contribution < 1.29 is 9.53 Å². The summed E-state index contributed by atoms with van der Waals surface area (Å²) in [5.74, 6) is 0.239. The molecule has 0 spiro atoms. The van der Waals surface area contributed by atoms with E-state index in [-0.39, 0.29) is 5.97 Å². The summed E-state index contributed by atoms with van der Waals surface area (Å²) < 4.78 is 5.18. The second kappa shape index (κ2) is 4.51.